The molecule has 1 atom stereocenters. The van der Waals surface area contributed by atoms with Crippen molar-refractivity contribution in [2.75, 3.05) is 0 Å². The van der Waals surface area contributed by atoms with Crippen LogP contribution in [0, 0.1) is 0 Å². The second kappa shape index (κ2) is 8.01. The lowest BCUT2D eigenvalue weighted by atomic mass is 9.89. The van der Waals surface area contributed by atoms with Crippen molar-refractivity contribution in [2.45, 2.75) is 18.8 Å². The number of carbonyl (C=O) groups excluding carboxylic acids is 1. The van der Waals surface area contributed by atoms with E-state index >= 15 is 0 Å². The highest BCUT2D eigenvalue weighted by Gasteiger charge is 2.15. The molecule has 0 saturated heterocycles. The van der Waals surface area contributed by atoms with Crippen LogP contribution in [0.2, 0.25) is 0 Å². The van der Waals surface area contributed by atoms with Gasteiger partial charge in [0.1, 0.15) is 0 Å². The fourth-order valence-electron chi connectivity index (χ4n) is 2.37. The molecule has 1 unspecified atom stereocenters. The molecule has 0 N–H and O–H groups in total. The lowest BCUT2D eigenvalue weighted by Crippen LogP contribution is -2.07. The van der Waals surface area contributed by atoms with Crippen LogP contribution in [0.5, 0.6) is 0 Å². The number of hydrogen-bond acceptors (Lipinski definition) is 1. The highest BCUT2D eigenvalue weighted by molar-refractivity contribution is 5.96. The number of benzene rings is 2. The summed E-state index contributed by atoms with van der Waals surface area (Å²) >= 11 is 0. The predicted octanol–water partition coefficient (Wildman–Crippen LogP) is 5.18. The minimum Gasteiger partial charge on any atom is -0.294 e. The van der Waals surface area contributed by atoms with Gasteiger partial charge in [-0.3, -0.25) is 4.79 Å². The van der Waals surface area contributed by atoms with Gasteiger partial charge in [0.2, 0.25) is 0 Å². The van der Waals surface area contributed by atoms with Crippen LogP contribution in [0.4, 0.5) is 0 Å². The van der Waals surface area contributed by atoms with Gasteiger partial charge in [0.25, 0.3) is 0 Å². The van der Waals surface area contributed by atoms with Gasteiger partial charge in [-0.1, -0.05) is 85.5 Å². The number of allylic oxidation sites excluding steroid dienone is 3. The summed E-state index contributed by atoms with van der Waals surface area (Å²) in [6, 6.07) is 19.7. The Morgan fingerprint density at radius 3 is 2.24 bits per heavy atom. The maximum atomic E-state index is 12.4. The monoisotopic (exact) mass is 276 g/mol. The molecule has 0 fully saturated rings. The van der Waals surface area contributed by atoms with Gasteiger partial charge in [-0.2, -0.15) is 0 Å². The summed E-state index contributed by atoms with van der Waals surface area (Å²) in [5.74, 6) is 0.395. The molecule has 2 aromatic rings. The van der Waals surface area contributed by atoms with Crippen LogP contribution in [0.1, 0.15) is 34.7 Å². The van der Waals surface area contributed by atoms with Crippen molar-refractivity contribution in [2.24, 2.45) is 0 Å². The number of hydrogen-bond donors (Lipinski definition) is 0. The molecule has 2 aromatic carbocycles. The molecule has 21 heavy (non-hydrogen) atoms. The van der Waals surface area contributed by atoms with Crippen molar-refractivity contribution in [3.63, 3.8) is 0 Å². The van der Waals surface area contributed by atoms with Gasteiger partial charge in [0, 0.05) is 12.0 Å². The van der Waals surface area contributed by atoms with E-state index in [1.165, 1.54) is 5.56 Å². The van der Waals surface area contributed by atoms with E-state index in [4.69, 9.17) is 0 Å². The second-order valence-electron chi connectivity index (χ2n) is 5.00. The SMILES string of the molecule is C=C/C=C/CC(CC(=O)c1ccccc1)c1ccccc1. The van der Waals surface area contributed by atoms with Crippen molar-refractivity contribution in [1.29, 1.82) is 0 Å². The lowest BCUT2D eigenvalue weighted by Gasteiger charge is -2.15. The number of carbonyl (C=O) groups is 1. The van der Waals surface area contributed by atoms with Crippen molar-refractivity contribution < 1.29 is 4.79 Å². The molecular formula is C20H20O. The van der Waals surface area contributed by atoms with E-state index in [0.29, 0.717) is 6.42 Å². The quantitative estimate of drug-likeness (QED) is 0.503. The largest absolute Gasteiger partial charge is 0.294 e. The summed E-state index contributed by atoms with van der Waals surface area (Å²) in [5.41, 5.74) is 1.99. The standard InChI is InChI=1S/C20H20O/c1-2-3-6-15-19(17-11-7-4-8-12-17)16-20(21)18-13-9-5-10-14-18/h2-14,19H,1,15-16H2/b6-3+. The molecule has 0 bridgehead atoms. The molecular weight excluding hydrogens is 256 g/mol. The summed E-state index contributed by atoms with van der Waals surface area (Å²) in [5, 5.41) is 0. The van der Waals surface area contributed by atoms with Crippen LogP contribution in [-0.4, -0.2) is 5.78 Å². The Hall–Kier alpha value is -2.41. The summed E-state index contributed by atoms with van der Waals surface area (Å²) < 4.78 is 0. The third kappa shape index (κ3) is 4.57. The Bertz CT molecular complexity index is 596. The minimum absolute atomic E-state index is 0.191. The zero-order chi connectivity index (χ0) is 14.9. The molecule has 0 aliphatic heterocycles. The molecule has 0 aliphatic rings. The molecule has 1 heteroatoms. The molecule has 1 nitrogen and oxygen atoms in total. The van der Waals surface area contributed by atoms with E-state index in [-0.39, 0.29) is 11.7 Å². The molecule has 0 aliphatic carbocycles. The van der Waals surface area contributed by atoms with E-state index in [1.54, 1.807) is 6.08 Å². The number of ketones is 1. The Labute approximate surface area is 126 Å². The van der Waals surface area contributed by atoms with Gasteiger partial charge < -0.3 is 0 Å². The van der Waals surface area contributed by atoms with Crippen LogP contribution < -0.4 is 0 Å². The van der Waals surface area contributed by atoms with Crippen molar-refractivity contribution in [1.82, 2.24) is 0 Å². The Morgan fingerprint density at radius 2 is 1.62 bits per heavy atom. The number of rotatable bonds is 7. The molecule has 0 radical (unpaired) electrons. The van der Waals surface area contributed by atoms with Crippen LogP contribution >= 0.6 is 0 Å². The number of Topliss-reactive ketones (excluding diaryl/α,β-unsaturated/α-hetero) is 1. The molecule has 0 spiro atoms. The summed E-state index contributed by atoms with van der Waals surface area (Å²) in [6.45, 7) is 3.69. The Kier molecular flexibility index (Phi) is 5.71. The summed E-state index contributed by atoms with van der Waals surface area (Å²) in [6.07, 6.45) is 7.14. The average molecular weight is 276 g/mol. The van der Waals surface area contributed by atoms with Gasteiger partial charge in [-0.05, 0) is 17.9 Å². The first-order chi connectivity index (χ1) is 10.3. The van der Waals surface area contributed by atoms with Crippen molar-refractivity contribution >= 4 is 5.78 Å². The van der Waals surface area contributed by atoms with Gasteiger partial charge in [0.05, 0.1) is 0 Å². The van der Waals surface area contributed by atoms with Gasteiger partial charge >= 0.3 is 0 Å². The van der Waals surface area contributed by atoms with Crippen molar-refractivity contribution in [3.8, 4) is 0 Å². The first-order valence-electron chi connectivity index (χ1n) is 7.22. The smallest absolute Gasteiger partial charge is 0.163 e. The van der Waals surface area contributed by atoms with Crippen LogP contribution in [0.15, 0.2) is 85.5 Å². The van der Waals surface area contributed by atoms with E-state index in [9.17, 15) is 4.79 Å². The van der Waals surface area contributed by atoms with Gasteiger partial charge in [0.15, 0.2) is 5.78 Å². The normalized spacial score (nSPS) is 12.2. The van der Waals surface area contributed by atoms with E-state index in [1.807, 2.05) is 54.6 Å². The zero-order valence-electron chi connectivity index (χ0n) is 12.1. The Morgan fingerprint density at radius 1 is 1.00 bits per heavy atom. The first-order valence-corrected chi connectivity index (χ1v) is 7.22. The van der Waals surface area contributed by atoms with Crippen LogP contribution in [0.25, 0.3) is 0 Å². The van der Waals surface area contributed by atoms with Gasteiger partial charge in [-0.15, -0.1) is 0 Å². The highest BCUT2D eigenvalue weighted by Crippen LogP contribution is 2.25. The first kappa shape index (κ1) is 15.0. The van der Waals surface area contributed by atoms with E-state index < -0.39 is 0 Å². The summed E-state index contributed by atoms with van der Waals surface area (Å²) in [4.78, 5) is 12.4. The third-order valence-electron chi connectivity index (χ3n) is 3.49. The van der Waals surface area contributed by atoms with Crippen LogP contribution in [0.3, 0.4) is 0 Å². The predicted molar refractivity (Wildman–Crippen MR) is 88.5 cm³/mol. The van der Waals surface area contributed by atoms with Gasteiger partial charge in [-0.25, -0.2) is 0 Å². The fraction of sp³-hybridized carbons (Fsp3) is 0.150. The molecule has 106 valence electrons. The van der Waals surface area contributed by atoms with E-state index in [0.717, 1.165) is 12.0 Å². The Balaban J connectivity index is 2.14. The molecule has 0 heterocycles. The van der Waals surface area contributed by atoms with E-state index in [2.05, 4.69) is 24.8 Å². The molecule has 0 saturated carbocycles. The maximum Gasteiger partial charge on any atom is 0.163 e. The molecule has 0 aromatic heterocycles. The lowest BCUT2D eigenvalue weighted by molar-refractivity contribution is 0.0974. The molecule has 2 rings (SSSR count). The topological polar surface area (TPSA) is 17.1 Å². The maximum absolute atomic E-state index is 12.4. The third-order valence-corrected chi connectivity index (χ3v) is 3.49. The molecule has 0 amide bonds. The summed E-state index contributed by atoms with van der Waals surface area (Å²) in [7, 11) is 0. The second-order valence-corrected chi connectivity index (χ2v) is 5.00. The average Bonchev–Trinajstić information content (AvgIpc) is 2.55. The minimum atomic E-state index is 0.191. The highest BCUT2D eigenvalue weighted by atomic mass is 16.1. The van der Waals surface area contributed by atoms with Crippen LogP contribution in [-0.2, 0) is 0 Å². The van der Waals surface area contributed by atoms with Crippen molar-refractivity contribution in [3.05, 3.63) is 96.6 Å². The fourth-order valence-corrected chi connectivity index (χ4v) is 2.37. The zero-order valence-corrected chi connectivity index (χ0v) is 12.1.